The normalized spacial score (nSPS) is 13.0. The highest BCUT2D eigenvalue weighted by atomic mass is 35.5. The van der Waals surface area contributed by atoms with Gasteiger partial charge in [0.15, 0.2) is 0 Å². The highest BCUT2D eigenvalue weighted by Gasteiger charge is 2.32. The molecule has 5 aromatic rings. The van der Waals surface area contributed by atoms with Gasteiger partial charge in [-0.3, -0.25) is 19.1 Å². The average molecular weight is 801 g/mol. The summed E-state index contributed by atoms with van der Waals surface area (Å²) in [5, 5.41) is 10.0. The number of hydrogen-bond donors (Lipinski definition) is 1. The number of aromatic nitrogens is 3. The summed E-state index contributed by atoms with van der Waals surface area (Å²) in [6.45, 7) is 14.8. The number of nitrogens with zero attached hydrogens (tertiary/aromatic N) is 4. The molecule has 2 aromatic heterocycles. The minimum absolute atomic E-state index is 0.00176. The van der Waals surface area contributed by atoms with Crippen LogP contribution in [0.3, 0.4) is 0 Å². The number of halogens is 2. The van der Waals surface area contributed by atoms with Crippen LogP contribution in [-0.4, -0.2) is 57.2 Å². The average Bonchev–Trinajstić information content (AvgIpc) is 3.51. The maximum atomic E-state index is 15.0. The Kier molecular flexibility index (Phi) is 12.8. The van der Waals surface area contributed by atoms with Crippen LogP contribution >= 0.6 is 23.2 Å². The van der Waals surface area contributed by atoms with Gasteiger partial charge in [-0.2, -0.15) is 5.10 Å². The largest absolute Gasteiger partial charge is 0.494 e. The van der Waals surface area contributed by atoms with Gasteiger partial charge in [-0.05, 0) is 117 Å². The molecule has 10 nitrogen and oxygen atoms in total. The Morgan fingerprint density at radius 2 is 1.70 bits per heavy atom. The van der Waals surface area contributed by atoms with Crippen molar-refractivity contribution in [2.24, 2.45) is 13.0 Å². The van der Waals surface area contributed by atoms with Crippen molar-refractivity contribution in [3.05, 3.63) is 97.4 Å². The summed E-state index contributed by atoms with van der Waals surface area (Å²) < 4.78 is 15.6. The van der Waals surface area contributed by atoms with Gasteiger partial charge in [-0.15, -0.1) is 0 Å². The number of ether oxygens (including phenoxy) is 2. The smallest absolute Gasteiger partial charge is 0.298 e. The zero-order valence-corrected chi connectivity index (χ0v) is 34.9. The fraction of sp³-hybridized carbons (Fsp3) is 0.409. The monoisotopic (exact) mass is 799 g/mol. The van der Waals surface area contributed by atoms with Gasteiger partial charge in [-0.25, -0.2) is 0 Å². The van der Waals surface area contributed by atoms with E-state index in [0.29, 0.717) is 81.4 Å². The van der Waals surface area contributed by atoms with Crippen molar-refractivity contribution in [2.45, 2.75) is 86.7 Å². The van der Waals surface area contributed by atoms with Crippen LogP contribution in [0.1, 0.15) is 82.8 Å². The van der Waals surface area contributed by atoms with Gasteiger partial charge in [0.05, 0.1) is 22.8 Å². The van der Waals surface area contributed by atoms with Crippen LogP contribution in [0.4, 0.5) is 0 Å². The van der Waals surface area contributed by atoms with E-state index in [1.54, 1.807) is 12.1 Å². The van der Waals surface area contributed by atoms with E-state index in [4.69, 9.17) is 37.8 Å². The molecule has 3 heterocycles. The molecule has 3 aromatic carbocycles. The molecule has 0 atom stereocenters. The molecule has 0 spiro atoms. The molecule has 1 aliphatic heterocycles. The van der Waals surface area contributed by atoms with Gasteiger partial charge in [0.1, 0.15) is 17.2 Å². The first-order valence-corrected chi connectivity index (χ1v) is 20.1. The summed E-state index contributed by atoms with van der Waals surface area (Å²) in [5.74, 6) is 1.35. The predicted molar refractivity (Wildman–Crippen MR) is 222 cm³/mol. The molecule has 6 rings (SSSR count). The third-order valence-corrected chi connectivity index (χ3v) is 11.4. The number of benzene rings is 3. The van der Waals surface area contributed by atoms with Crippen molar-refractivity contribution < 1.29 is 23.9 Å². The number of nitrogens with one attached hydrogen (secondary N) is 1. The molecule has 12 heteroatoms. The molecular formula is C44H51Cl2N5O5. The number of aryl methyl sites for hydroxylation is 6. The first-order valence-electron chi connectivity index (χ1n) is 19.3. The number of amides is 2. The second-order valence-corrected chi connectivity index (χ2v) is 16.1. The number of carbonyl (C=O) groups is 3. The van der Waals surface area contributed by atoms with Gasteiger partial charge >= 0.3 is 0 Å². The number of carbonyl (C=O) groups excluding carboxylic acids is 3. The summed E-state index contributed by atoms with van der Waals surface area (Å²) in [5.41, 5.74) is 9.91. The number of rotatable bonds is 15. The van der Waals surface area contributed by atoms with E-state index < -0.39 is 0 Å². The molecule has 0 saturated carbocycles. The quantitative estimate of drug-likeness (QED) is 0.0838. The summed E-state index contributed by atoms with van der Waals surface area (Å²) in [6.07, 6.45) is 3.00. The van der Waals surface area contributed by atoms with Crippen molar-refractivity contribution in [2.75, 3.05) is 19.7 Å². The predicted octanol–water partition coefficient (Wildman–Crippen LogP) is 8.88. The van der Waals surface area contributed by atoms with E-state index in [1.807, 2.05) is 88.5 Å². The van der Waals surface area contributed by atoms with Crippen LogP contribution in [-0.2, 0) is 42.6 Å². The fourth-order valence-electron chi connectivity index (χ4n) is 7.93. The summed E-state index contributed by atoms with van der Waals surface area (Å²) in [4.78, 5) is 40.5. The lowest BCUT2D eigenvalue weighted by Gasteiger charge is -2.22. The van der Waals surface area contributed by atoms with Crippen molar-refractivity contribution in [1.29, 1.82) is 0 Å². The summed E-state index contributed by atoms with van der Waals surface area (Å²) in [7, 11) is 1.93. The first kappa shape index (κ1) is 40.9. The lowest BCUT2D eigenvalue weighted by atomic mass is 9.98. The van der Waals surface area contributed by atoms with Crippen LogP contribution in [0.15, 0.2) is 42.5 Å². The van der Waals surface area contributed by atoms with E-state index >= 15 is 0 Å². The number of fused-ring (bicyclic) bond motifs is 3. The molecule has 0 aliphatic carbocycles. The molecule has 2 amide bonds. The third kappa shape index (κ3) is 8.76. The van der Waals surface area contributed by atoms with E-state index in [-0.39, 0.29) is 17.7 Å². The molecule has 0 unspecified atom stereocenters. The molecule has 0 radical (unpaired) electrons. The highest BCUT2D eigenvalue weighted by Crippen LogP contribution is 2.43. The Morgan fingerprint density at radius 1 is 0.964 bits per heavy atom. The van der Waals surface area contributed by atoms with Crippen molar-refractivity contribution in [3.8, 4) is 22.6 Å². The van der Waals surface area contributed by atoms with E-state index in [1.165, 1.54) is 0 Å². The lowest BCUT2D eigenvalue weighted by molar-refractivity contribution is -0.122. The summed E-state index contributed by atoms with van der Waals surface area (Å²) in [6, 6.07) is 13.5. The SMILES string of the molecule is Cc1cc(OCCCc2c3n(c4c(-c5c(C)nn(C)c5C)c(Cl)ccc24)CCCN(Cc2cc(CCNC(=O)CC(C)C)cc(OC=O)c2)C3=O)cc(C)c1Cl. The molecule has 1 N–H and O–H groups in total. The topological polar surface area (TPSA) is 108 Å². The van der Waals surface area contributed by atoms with Crippen LogP contribution in [0.2, 0.25) is 10.0 Å². The fourth-order valence-corrected chi connectivity index (χ4v) is 8.29. The van der Waals surface area contributed by atoms with Gasteiger partial charge in [0.25, 0.3) is 12.4 Å². The highest BCUT2D eigenvalue weighted by molar-refractivity contribution is 6.35. The van der Waals surface area contributed by atoms with Crippen LogP contribution < -0.4 is 14.8 Å². The van der Waals surface area contributed by atoms with Gasteiger partial charge in [0, 0.05) is 66.9 Å². The second-order valence-electron chi connectivity index (χ2n) is 15.3. The molecular weight excluding hydrogens is 749 g/mol. The van der Waals surface area contributed by atoms with E-state index in [2.05, 4.69) is 9.88 Å². The Labute approximate surface area is 339 Å². The van der Waals surface area contributed by atoms with Crippen LogP contribution in [0.25, 0.3) is 22.0 Å². The van der Waals surface area contributed by atoms with Crippen molar-refractivity contribution in [1.82, 2.24) is 24.6 Å². The van der Waals surface area contributed by atoms with Gasteiger partial charge < -0.3 is 24.3 Å². The van der Waals surface area contributed by atoms with Crippen molar-refractivity contribution >= 4 is 52.4 Å². The van der Waals surface area contributed by atoms with Crippen LogP contribution in [0.5, 0.6) is 11.5 Å². The minimum Gasteiger partial charge on any atom is -0.494 e. The molecule has 1 aliphatic rings. The Hall–Kier alpha value is -4.80. The zero-order chi connectivity index (χ0) is 40.3. The first-order chi connectivity index (χ1) is 26.8. The van der Waals surface area contributed by atoms with E-state index in [9.17, 15) is 14.4 Å². The van der Waals surface area contributed by atoms with Gasteiger partial charge in [-0.1, -0.05) is 49.2 Å². The van der Waals surface area contributed by atoms with Crippen LogP contribution in [0, 0.1) is 33.6 Å². The maximum absolute atomic E-state index is 15.0. The molecule has 0 fully saturated rings. The lowest BCUT2D eigenvalue weighted by Crippen LogP contribution is -2.31. The second kappa shape index (κ2) is 17.6. The third-order valence-electron chi connectivity index (χ3n) is 10.5. The molecule has 0 saturated heterocycles. The summed E-state index contributed by atoms with van der Waals surface area (Å²) >= 11 is 13.5. The zero-order valence-electron chi connectivity index (χ0n) is 33.4. The molecule has 56 heavy (non-hydrogen) atoms. The molecule has 296 valence electrons. The Morgan fingerprint density at radius 3 is 2.38 bits per heavy atom. The van der Waals surface area contributed by atoms with Crippen molar-refractivity contribution in [3.63, 3.8) is 0 Å². The standard InChI is InChI=1S/C44H51Cl2N5O5/c1-26(2)18-38(53)47-14-13-31-21-32(23-34(22-31)56-25-52)24-50-15-9-16-51-42-36(11-12-37(45)40(42)39-29(5)48-49(7)30(39)6)35(43(51)44(50)54)10-8-17-55-33-19-27(3)41(46)28(4)20-33/h11-12,19-23,25-26H,8-10,13-18,24H2,1-7H3,(H,47,53). The van der Waals surface area contributed by atoms with Gasteiger partial charge in [0.2, 0.25) is 5.91 Å². The Balaban J connectivity index is 1.36. The minimum atomic E-state index is -0.0792. The number of hydrogen-bond acceptors (Lipinski definition) is 6. The Bertz CT molecular complexity index is 2270. The van der Waals surface area contributed by atoms with E-state index in [0.717, 1.165) is 78.4 Å². The molecule has 0 bridgehead atoms. The maximum Gasteiger partial charge on any atom is 0.298 e.